The lowest BCUT2D eigenvalue weighted by molar-refractivity contribution is -0.869. The third kappa shape index (κ3) is 9.67. The average molecular weight is 266 g/mol. The molecule has 8 heteroatoms. The molecule has 0 spiro atoms. The SMILES string of the molecule is CCOCCOC(=O)OC(OCCOCC)=[O+][O-]. The van der Waals surface area contributed by atoms with E-state index in [4.69, 9.17) is 14.2 Å². The molecule has 8 nitrogen and oxygen atoms in total. The second-order valence-corrected chi connectivity index (χ2v) is 2.78. The third-order valence-electron chi connectivity index (χ3n) is 1.54. The Balaban J connectivity index is 3.67. The van der Waals surface area contributed by atoms with Crippen molar-refractivity contribution in [3.63, 3.8) is 0 Å². The molecular weight excluding hydrogens is 248 g/mol. The van der Waals surface area contributed by atoms with E-state index in [0.29, 0.717) is 13.2 Å². The molecule has 0 heterocycles. The van der Waals surface area contributed by atoms with Crippen molar-refractivity contribution in [2.24, 2.45) is 0 Å². The molecule has 0 radical (unpaired) electrons. The Bertz CT molecular complexity index is 240. The molecule has 0 N–H and O–H groups in total. The molecule has 0 atom stereocenters. The highest BCUT2D eigenvalue weighted by atomic mass is 17.1. The van der Waals surface area contributed by atoms with Crippen LogP contribution in [0.15, 0.2) is 0 Å². The quantitative estimate of drug-likeness (QED) is 0.154. The molecule has 0 saturated carbocycles. The van der Waals surface area contributed by atoms with Gasteiger partial charge in [0.15, 0.2) is 6.61 Å². The summed E-state index contributed by atoms with van der Waals surface area (Å²) in [6.07, 6.45) is -1.92. The van der Waals surface area contributed by atoms with E-state index in [2.05, 4.69) is 14.0 Å². The van der Waals surface area contributed by atoms with Crippen molar-refractivity contribution in [2.45, 2.75) is 13.8 Å². The van der Waals surface area contributed by atoms with Gasteiger partial charge in [-0.2, -0.15) is 4.79 Å². The number of carbonyl (C=O) groups excluding carboxylic acids is 2. The number of rotatable bonds is 8. The molecule has 0 aromatic heterocycles. The fourth-order valence-electron chi connectivity index (χ4n) is 0.825. The maximum atomic E-state index is 11.0. The van der Waals surface area contributed by atoms with E-state index in [-0.39, 0.29) is 26.4 Å². The van der Waals surface area contributed by atoms with Crippen LogP contribution in [0.2, 0.25) is 0 Å². The molecule has 0 aromatic carbocycles. The van der Waals surface area contributed by atoms with Crippen LogP contribution in [-0.4, -0.2) is 52.0 Å². The van der Waals surface area contributed by atoms with Crippen molar-refractivity contribution in [1.82, 2.24) is 0 Å². The Labute approximate surface area is 105 Å². The summed E-state index contributed by atoms with van der Waals surface area (Å²) in [7, 11) is 0. The predicted molar refractivity (Wildman–Crippen MR) is 56.8 cm³/mol. The summed E-state index contributed by atoms with van der Waals surface area (Å²) >= 11 is 0. The van der Waals surface area contributed by atoms with E-state index in [9.17, 15) is 10.1 Å². The predicted octanol–water partition coefficient (Wildman–Crippen LogP) is 0.160. The molecular formula is C10H18O8. The summed E-state index contributed by atoms with van der Waals surface area (Å²) in [6.45, 7) is 5.16. The Morgan fingerprint density at radius 2 is 1.56 bits per heavy atom. The minimum atomic E-state index is -1.10. The van der Waals surface area contributed by atoms with Gasteiger partial charge < -0.3 is 24.2 Å². The zero-order valence-corrected chi connectivity index (χ0v) is 10.5. The number of hydrogen-bond acceptors (Lipinski definition) is 7. The molecule has 0 fully saturated rings. The maximum absolute atomic E-state index is 11.0. The van der Waals surface area contributed by atoms with Crippen LogP contribution in [0.5, 0.6) is 0 Å². The normalized spacial score (nSPS) is 11.1. The van der Waals surface area contributed by atoms with Crippen LogP contribution in [0.1, 0.15) is 13.8 Å². The minimum Gasteiger partial charge on any atom is -0.628 e. The van der Waals surface area contributed by atoms with E-state index < -0.39 is 12.3 Å². The lowest BCUT2D eigenvalue weighted by Crippen LogP contribution is -2.20. The molecule has 0 aromatic rings. The first-order valence-electron chi connectivity index (χ1n) is 5.54. The van der Waals surface area contributed by atoms with Gasteiger partial charge >= 0.3 is 12.3 Å². The van der Waals surface area contributed by atoms with E-state index in [1.54, 1.807) is 6.92 Å². The molecule has 0 aliphatic carbocycles. The fraction of sp³-hybridized carbons (Fsp3) is 0.800. The third-order valence-corrected chi connectivity index (χ3v) is 1.54. The second-order valence-electron chi connectivity index (χ2n) is 2.78. The van der Waals surface area contributed by atoms with Crippen LogP contribution in [0.25, 0.3) is 0 Å². The lowest BCUT2D eigenvalue weighted by Gasteiger charge is -2.01. The Morgan fingerprint density at radius 3 is 2.06 bits per heavy atom. The summed E-state index contributed by atoms with van der Waals surface area (Å²) in [6, 6.07) is 0. The van der Waals surface area contributed by atoms with Gasteiger partial charge in [0, 0.05) is 13.2 Å². The standard InChI is InChI=1S/C10H18O8/c1-3-13-5-7-15-9(11)17-10(18-12)16-8-6-14-4-2/h3-8H2,1-2H3. The number of carbonyl (C=O) groups is 1. The summed E-state index contributed by atoms with van der Waals surface area (Å²) in [4.78, 5) is 11.0. The van der Waals surface area contributed by atoms with Crippen LogP contribution >= 0.6 is 0 Å². The Morgan fingerprint density at radius 1 is 1.00 bits per heavy atom. The van der Waals surface area contributed by atoms with Crippen LogP contribution in [0, 0.1) is 0 Å². The average Bonchev–Trinajstić information content (AvgIpc) is 2.38. The molecule has 0 bridgehead atoms. The van der Waals surface area contributed by atoms with Crippen molar-refractivity contribution in [3.05, 3.63) is 0 Å². The minimum absolute atomic E-state index is 0.0117. The van der Waals surface area contributed by atoms with Gasteiger partial charge in [0.1, 0.15) is 6.61 Å². The fourth-order valence-corrected chi connectivity index (χ4v) is 0.825. The zero-order chi connectivity index (χ0) is 13.6. The summed E-state index contributed by atoms with van der Waals surface area (Å²) in [5.41, 5.74) is 0. The first-order valence-corrected chi connectivity index (χ1v) is 5.54. The molecule has 0 aliphatic heterocycles. The highest BCUT2D eigenvalue weighted by Gasteiger charge is 2.24. The van der Waals surface area contributed by atoms with Gasteiger partial charge in [0.05, 0.1) is 13.2 Å². The van der Waals surface area contributed by atoms with E-state index in [0.717, 1.165) is 0 Å². The van der Waals surface area contributed by atoms with Gasteiger partial charge in [-0.05, 0) is 13.8 Å². The van der Waals surface area contributed by atoms with Crippen LogP contribution in [0.4, 0.5) is 9.37 Å². The van der Waals surface area contributed by atoms with Gasteiger partial charge in [-0.3, -0.25) is 4.58 Å². The van der Waals surface area contributed by atoms with Crippen LogP contribution in [0.3, 0.4) is 0 Å². The molecule has 106 valence electrons. The summed E-state index contributed by atoms with van der Waals surface area (Å²) in [5, 5.41) is 10.1. The summed E-state index contributed by atoms with van der Waals surface area (Å²) < 4.78 is 26.9. The van der Waals surface area contributed by atoms with Crippen molar-refractivity contribution < 1.29 is 38.3 Å². The van der Waals surface area contributed by atoms with Gasteiger partial charge in [0.25, 0.3) is 0 Å². The lowest BCUT2D eigenvalue weighted by atomic mass is 10.7. The molecule has 0 rings (SSSR count). The van der Waals surface area contributed by atoms with Gasteiger partial charge in [-0.15, -0.1) is 0 Å². The second kappa shape index (κ2) is 11.9. The molecule has 0 amide bonds. The number of hydrogen-bond donors (Lipinski definition) is 0. The van der Waals surface area contributed by atoms with Gasteiger partial charge in [-0.1, -0.05) is 0 Å². The van der Waals surface area contributed by atoms with Gasteiger partial charge in [0.2, 0.25) is 0 Å². The van der Waals surface area contributed by atoms with Crippen molar-refractivity contribution in [1.29, 1.82) is 0 Å². The summed E-state index contributed by atoms with van der Waals surface area (Å²) in [5.74, 6) is 0. The highest BCUT2D eigenvalue weighted by molar-refractivity contribution is 5.76. The topological polar surface area (TPSA) is 97.6 Å². The Kier molecular flexibility index (Phi) is 10.9. The highest BCUT2D eigenvalue weighted by Crippen LogP contribution is 1.93. The van der Waals surface area contributed by atoms with Crippen molar-refractivity contribution in [3.8, 4) is 0 Å². The van der Waals surface area contributed by atoms with Crippen LogP contribution < -0.4 is 5.26 Å². The van der Waals surface area contributed by atoms with Gasteiger partial charge in [-0.25, -0.2) is 4.74 Å². The van der Waals surface area contributed by atoms with E-state index in [1.807, 2.05) is 6.92 Å². The first kappa shape index (κ1) is 16.5. The number of ether oxygens (including phenoxy) is 5. The van der Waals surface area contributed by atoms with E-state index in [1.165, 1.54) is 0 Å². The van der Waals surface area contributed by atoms with Crippen molar-refractivity contribution in [2.75, 3.05) is 39.6 Å². The molecule has 18 heavy (non-hydrogen) atoms. The molecule has 0 unspecified atom stereocenters. The smallest absolute Gasteiger partial charge is 0.628 e. The monoisotopic (exact) mass is 266 g/mol. The van der Waals surface area contributed by atoms with Crippen LogP contribution in [-0.2, 0) is 23.7 Å². The van der Waals surface area contributed by atoms with Crippen molar-refractivity contribution >= 4 is 12.3 Å². The molecule has 0 saturated heterocycles. The molecule has 0 aliphatic rings. The van der Waals surface area contributed by atoms with E-state index >= 15 is 0 Å². The maximum Gasteiger partial charge on any atom is 0.735 e. The Hall–Kier alpha value is -1.54. The zero-order valence-electron chi connectivity index (χ0n) is 10.5. The largest absolute Gasteiger partial charge is 0.735 e. The first-order chi connectivity index (χ1) is 8.74.